The van der Waals surface area contributed by atoms with Crippen molar-refractivity contribution in [1.82, 2.24) is 14.6 Å². The van der Waals surface area contributed by atoms with Gasteiger partial charge in [-0.3, -0.25) is 4.79 Å². The molecule has 0 fully saturated rings. The van der Waals surface area contributed by atoms with E-state index < -0.39 is 5.60 Å². The minimum absolute atomic E-state index is 0.293. The van der Waals surface area contributed by atoms with E-state index in [0.717, 1.165) is 22.5 Å². The minimum atomic E-state index is -0.972. The number of fused-ring (bicyclic) bond motifs is 2. The molecule has 1 aliphatic rings. The van der Waals surface area contributed by atoms with Crippen molar-refractivity contribution in [3.05, 3.63) is 71.4 Å². The maximum atomic E-state index is 12.9. The van der Waals surface area contributed by atoms with Crippen molar-refractivity contribution < 1.29 is 19.4 Å². The third kappa shape index (κ3) is 4.12. The Balaban J connectivity index is 1.50. The van der Waals surface area contributed by atoms with Crippen LogP contribution in [0.3, 0.4) is 0 Å². The molecule has 2 aromatic heterocycles. The fourth-order valence-corrected chi connectivity index (χ4v) is 3.78. The lowest BCUT2D eigenvalue weighted by molar-refractivity contribution is 0.0785. The molecule has 0 aliphatic carbocycles. The summed E-state index contributed by atoms with van der Waals surface area (Å²) < 4.78 is 13.1. The Morgan fingerprint density at radius 1 is 1.03 bits per heavy atom. The van der Waals surface area contributed by atoms with Crippen LogP contribution in [0.1, 0.15) is 35.5 Å². The second-order valence-corrected chi connectivity index (χ2v) is 8.53. The quantitative estimate of drug-likeness (QED) is 0.495. The third-order valence-corrected chi connectivity index (χ3v) is 5.48. The summed E-state index contributed by atoms with van der Waals surface area (Å²) in [4.78, 5) is 17.4. The van der Waals surface area contributed by atoms with E-state index >= 15 is 0 Å². The van der Waals surface area contributed by atoms with Crippen LogP contribution in [-0.4, -0.2) is 38.8 Å². The number of nitrogens with zero attached hydrogens (tertiary/aromatic N) is 3. The van der Waals surface area contributed by atoms with Crippen molar-refractivity contribution in [2.45, 2.75) is 26.4 Å². The maximum absolute atomic E-state index is 12.9. The lowest BCUT2D eigenvalue weighted by Crippen LogP contribution is -2.17. The van der Waals surface area contributed by atoms with Crippen LogP contribution >= 0.6 is 0 Å². The first-order valence-electron chi connectivity index (χ1n) is 10.7. The molecule has 1 aliphatic heterocycles. The average molecular weight is 444 g/mol. The van der Waals surface area contributed by atoms with Gasteiger partial charge in [0.2, 0.25) is 0 Å². The maximum Gasteiger partial charge on any atom is 0.256 e. The lowest BCUT2D eigenvalue weighted by Gasteiger charge is -2.19. The smallest absolute Gasteiger partial charge is 0.256 e. The number of benzene rings is 2. The lowest BCUT2D eigenvalue weighted by atomic mass is 9.97. The number of aliphatic hydroxyl groups is 1. The Bertz CT molecular complexity index is 1350. The van der Waals surface area contributed by atoms with E-state index in [4.69, 9.17) is 9.47 Å². The molecular weight excluding hydrogens is 420 g/mol. The number of aryl methyl sites for hydroxylation is 1. The van der Waals surface area contributed by atoms with E-state index in [0.29, 0.717) is 41.7 Å². The number of aromatic nitrogens is 3. The van der Waals surface area contributed by atoms with Crippen molar-refractivity contribution in [2.24, 2.45) is 0 Å². The Morgan fingerprint density at radius 2 is 1.76 bits per heavy atom. The van der Waals surface area contributed by atoms with Crippen molar-refractivity contribution in [3.63, 3.8) is 0 Å². The molecule has 0 saturated carbocycles. The number of hydrogen-bond acceptors (Lipinski definition) is 6. The fraction of sp³-hybridized carbons (Fsp3) is 0.240. The van der Waals surface area contributed by atoms with E-state index in [2.05, 4.69) is 15.4 Å². The molecule has 4 aromatic rings. The van der Waals surface area contributed by atoms with E-state index in [9.17, 15) is 9.90 Å². The Labute approximate surface area is 190 Å². The fourth-order valence-electron chi connectivity index (χ4n) is 3.78. The van der Waals surface area contributed by atoms with Gasteiger partial charge in [0.15, 0.2) is 17.1 Å². The number of anilines is 1. The van der Waals surface area contributed by atoms with Gasteiger partial charge < -0.3 is 19.9 Å². The van der Waals surface area contributed by atoms with Crippen molar-refractivity contribution in [2.75, 3.05) is 18.5 Å². The van der Waals surface area contributed by atoms with Gasteiger partial charge in [-0.2, -0.15) is 5.10 Å². The zero-order valence-electron chi connectivity index (χ0n) is 18.6. The highest BCUT2D eigenvalue weighted by molar-refractivity contribution is 6.04. The van der Waals surface area contributed by atoms with E-state index in [1.54, 1.807) is 48.7 Å². The van der Waals surface area contributed by atoms with Gasteiger partial charge in [0, 0.05) is 23.3 Å². The molecule has 0 bridgehead atoms. The highest BCUT2D eigenvalue weighted by atomic mass is 16.6. The van der Waals surface area contributed by atoms with Gasteiger partial charge in [0.25, 0.3) is 5.91 Å². The topological polar surface area (TPSA) is 98.0 Å². The van der Waals surface area contributed by atoms with Crippen LogP contribution in [0.4, 0.5) is 5.82 Å². The molecule has 3 heterocycles. The summed E-state index contributed by atoms with van der Waals surface area (Å²) in [6.45, 7) is 6.32. The van der Waals surface area contributed by atoms with Gasteiger partial charge in [0.05, 0.1) is 17.0 Å². The summed E-state index contributed by atoms with van der Waals surface area (Å²) in [5.74, 6) is 1.49. The van der Waals surface area contributed by atoms with Crippen LogP contribution in [0.15, 0.2) is 54.6 Å². The number of ether oxygens (including phenoxy) is 2. The van der Waals surface area contributed by atoms with Gasteiger partial charge in [-0.25, -0.2) is 9.50 Å². The van der Waals surface area contributed by atoms with Crippen LogP contribution in [0, 0.1) is 6.92 Å². The van der Waals surface area contributed by atoms with Gasteiger partial charge in [-0.15, -0.1) is 0 Å². The normalized spacial score (nSPS) is 13.2. The van der Waals surface area contributed by atoms with Crippen LogP contribution in [0.25, 0.3) is 16.9 Å². The molecule has 2 aromatic carbocycles. The second-order valence-electron chi connectivity index (χ2n) is 8.53. The number of rotatable bonds is 4. The third-order valence-electron chi connectivity index (χ3n) is 5.48. The van der Waals surface area contributed by atoms with Gasteiger partial charge >= 0.3 is 0 Å². The van der Waals surface area contributed by atoms with E-state index in [-0.39, 0.29) is 5.91 Å². The first kappa shape index (κ1) is 21.0. The van der Waals surface area contributed by atoms with Crippen molar-refractivity contribution >= 4 is 17.4 Å². The Morgan fingerprint density at radius 3 is 2.48 bits per heavy atom. The molecule has 168 valence electrons. The van der Waals surface area contributed by atoms with E-state index in [1.807, 2.05) is 31.2 Å². The first-order valence-corrected chi connectivity index (χ1v) is 10.7. The molecule has 8 nitrogen and oxygen atoms in total. The highest BCUT2D eigenvalue weighted by Crippen LogP contribution is 2.35. The molecule has 8 heteroatoms. The zero-order chi connectivity index (χ0) is 23.2. The van der Waals surface area contributed by atoms with Crippen molar-refractivity contribution in [1.29, 1.82) is 0 Å². The summed E-state index contributed by atoms with van der Waals surface area (Å²) in [6.07, 6.45) is 0. The molecule has 0 spiro atoms. The van der Waals surface area contributed by atoms with Crippen LogP contribution < -0.4 is 14.8 Å². The average Bonchev–Trinajstić information content (AvgIpc) is 3.17. The number of carbonyl (C=O) groups is 1. The van der Waals surface area contributed by atoms with Crippen molar-refractivity contribution in [3.8, 4) is 22.8 Å². The van der Waals surface area contributed by atoms with Gasteiger partial charge in [0.1, 0.15) is 19.0 Å². The van der Waals surface area contributed by atoms with Gasteiger partial charge in [-0.1, -0.05) is 12.1 Å². The van der Waals surface area contributed by atoms with Crippen LogP contribution in [-0.2, 0) is 5.60 Å². The summed E-state index contributed by atoms with van der Waals surface area (Å²) in [5, 5.41) is 17.6. The SMILES string of the molecule is Cc1cc2nc(NC(=O)c3ccc(C(C)(C)O)cc3)cc(-c3ccc4c(c3)OCCO4)n2n1. The van der Waals surface area contributed by atoms with Gasteiger partial charge in [-0.05, 0) is 56.7 Å². The molecule has 5 rings (SSSR count). The largest absolute Gasteiger partial charge is 0.486 e. The summed E-state index contributed by atoms with van der Waals surface area (Å²) in [6, 6.07) is 16.2. The number of carbonyl (C=O) groups excluding carboxylic acids is 1. The monoisotopic (exact) mass is 444 g/mol. The number of nitrogens with one attached hydrogen (secondary N) is 1. The van der Waals surface area contributed by atoms with E-state index in [1.165, 1.54) is 0 Å². The Kier molecular flexibility index (Phi) is 5.02. The summed E-state index contributed by atoms with van der Waals surface area (Å²) in [5.41, 5.74) is 3.28. The summed E-state index contributed by atoms with van der Waals surface area (Å²) >= 11 is 0. The standard InChI is InChI=1S/C25H24N4O4/c1-15-12-23-26-22(27-24(30)16-4-7-18(8-5-16)25(2,3)31)14-19(29(23)28-15)17-6-9-20-21(13-17)33-11-10-32-20/h4-9,12-14,31H,10-11H2,1-3H3,(H,26,27,30). The molecule has 33 heavy (non-hydrogen) atoms. The summed E-state index contributed by atoms with van der Waals surface area (Å²) in [7, 11) is 0. The first-order chi connectivity index (χ1) is 15.8. The number of amides is 1. The van der Waals surface area contributed by atoms with Crippen LogP contribution in [0.2, 0.25) is 0 Å². The molecule has 0 atom stereocenters. The number of hydrogen-bond donors (Lipinski definition) is 2. The predicted molar refractivity (Wildman–Crippen MR) is 124 cm³/mol. The second kappa shape index (κ2) is 7.90. The minimum Gasteiger partial charge on any atom is -0.486 e. The zero-order valence-corrected chi connectivity index (χ0v) is 18.6. The van der Waals surface area contributed by atoms with Crippen LogP contribution in [0.5, 0.6) is 11.5 Å². The molecule has 0 unspecified atom stereocenters. The molecule has 0 saturated heterocycles. The molecule has 1 amide bonds. The molecule has 2 N–H and O–H groups in total. The molecular formula is C25H24N4O4. The predicted octanol–water partition coefficient (Wildman–Crippen LogP) is 3.96. The molecule has 0 radical (unpaired) electrons. The Hall–Kier alpha value is -3.91. The highest BCUT2D eigenvalue weighted by Gasteiger charge is 2.18.